The van der Waals surface area contributed by atoms with Crippen LogP contribution in [0.25, 0.3) is 0 Å². The molecule has 26 heavy (non-hydrogen) atoms. The fraction of sp³-hybridized carbons (Fsp3) is 0.286. The second-order valence-corrected chi connectivity index (χ2v) is 6.53. The third-order valence-electron chi connectivity index (χ3n) is 4.62. The standard InChI is InChI=1S/C21H21N3O2/c22-14-15-6-12-19(13-7-15)24-21(26)17-10-8-16(9-11-17)20(25)23-18-4-2-1-3-5-18/h6-13,18H,1-5H2,(H,23,25)(H,24,26). The van der Waals surface area contributed by atoms with E-state index in [4.69, 9.17) is 5.26 Å². The largest absolute Gasteiger partial charge is 0.349 e. The Balaban J connectivity index is 1.59. The normalized spacial score (nSPS) is 14.3. The number of nitriles is 1. The van der Waals surface area contributed by atoms with Crippen molar-refractivity contribution in [3.05, 3.63) is 65.2 Å². The lowest BCUT2D eigenvalue weighted by atomic mass is 9.95. The summed E-state index contributed by atoms with van der Waals surface area (Å²) in [6.45, 7) is 0. The van der Waals surface area contributed by atoms with E-state index < -0.39 is 0 Å². The van der Waals surface area contributed by atoms with Crippen molar-refractivity contribution in [2.45, 2.75) is 38.1 Å². The van der Waals surface area contributed by atoms with Crippen LogP contribution in [0.5, 0.6) is 0 Å². The van der Waals surface area contributed by atoms with E-state index >= 15 is 0 Å². The van der Waals surface area contributed by atoms with E-state index in [0.29, 0.717) is 22.4 Å². The summed E-state index contributed by atoms with van der Waals surface area (Å²) in [6.07, 6.45) is 5.65. The molecule has 1 fully saturated rings. The van der Waals surface area contributed by atoms with Gasteiger partial charge in [0, 0.05) is 22.9 Å². The molecule has 2 aromatic rings. The van der Waals surface area contributed by atoms with Gasteiger partial charge in [-0.15, -0.1) is 0 Å². The Labute approximate surface area is 153 Å². The van der Waals surface area contributed by atoms with E-state index in [0.717, 1.165) is 12.8 Å². The zero-order chi connectivity index (χ0) is 18.4. The van der Waals surface area contributed by atoms with Crippen LogP contribution in [0.15, 0.2) is 48.5 Å². The van der Waals surface area contributed by atoms with Gasteiger partial charge in [0.05, 0.1) is 11.6 Å². The summed E-state index contributed by atoms with van der Waals surface area (Å²) in [5, 5.41) is 14.6. The maximum Gasteiger partial charge on any atom is 0.255 e. The van der Waals surface area contributed by atoms with E-state index in [1.165, 1.54) is 19.3 Å². The SMILES string of the molecule is N#Cc1ccc(NC(=O)c2ccc(C(=O)NC3CCCCC3)cc2)cc1. The fourth-order valence-corrected chi connectivity index (χ4v) is 3.12. The van der Waals surface area contributed by atoms with Crippen LogP contribution < -0.4 is 10.6 Å². The van der Waals surface area contributed by atoms with Crippen LogP contribution in [-0.4, -0.2) is 17.9 Å². The van der Waals surface area contributed by atoms with E-state index in [-0.39, 0.29) is 17.9 Å². The molecular weight excluding hydrogens is 326 g/mol. The Hall–Kier alpha value is -3.13. The first-order valence-corrected chi connectivity index (χ1v) is 8.88. The van der Waals surface area contributed by atoms with Crippen molar-refractivity contribution in [3.63, 3.8) is 0 Å². The van der Waals surface area contributed by atoms with Gasteiger partial charge in [0.25, 0.3) is 11.8 Å². The lowest BCUT2D eigenvalue weighted by Crippen LogP contribution is -2.36. The van der Waals surface area contributed by atoms with Crippen LogP contribution in [-0.2, 0) is 0 Å². The molecule has 0 saturated heterocycles. The molecule has 2 amide bonds. The molecule has 0 aliphatic heterocycles. The highest BCUT2D eigenvalue weighted by molar-refractivity contribution is 6.05. The summed E-state index contributed by atoms with van der Waals surface area (Å²) in [5.41, 5.74) is 2.19. The smallest absolute Gasteiger partial charge is 0.255 e. The van der Waals surface area contributed by atoms with Gasteiger partial charge in [-0.2, -0.15) is 5.26 Å². The third kappa shape index (κ3) is 4.48. The van der Waals surface area contributed by atoms with Gasteiger partial charge in [-0.05, 0) is 61.4 Å². The lowest BCUT2D eigenvalue weighted by molar-refractivity contribution is 0.0926. The molecule has 5 nitrogen and oxygen atoms in total. The van der Waals surface area contributed by atoms with Gasteiger partial charge in [0.15, 0.2) is 0 Å². The molecule has 3 rings (SSSR count). The summed E-state index contributed by atoms with van der Waals surface area (Å²) in [5.74, 6) is -0.343. The van der Waals surface area contributed by atoms with Gasteiger partial charge in [-0.1, -0.05) is 19.3 Å². The molecule has 0 radical (unpaired) electrons. The first kappa shape index (κ1) is 17.7. The van der Waals surface area contributed by atoms with E-state index in [9.17, 15) is 9.59 Å². The van der Waals surface area contributed by atoms with Crippen LogP contribution in [0.2, 0.25) is 0 Å². The van der Waals surface area contributed by atoms with Crippen LogP contribution in [0, 0.1) is 11.3 Å². The maximum atomic E-state index is 12.3. The van der Waals surface area contributed by atoms with Gasteiger partial charge in [0.1, 0.15) is 0 Å². The van der Waals surface area contributed by atoms with Crippen molar-refractivity contribution >= 4 is 17.5 Å². The van der Waals surface area contributed by atoms with Crippen LogP contribution in [0.1, 0.15) is 58.4 Å². The second-order valence-electron chi connectivity index (χ2n) is 6.53. The molecular formula is C21H21N3O2. The molecule has 1 saturated carbocycles. The Morgan fingerprint density at radius 1 is 0.846 bits per heavy atom. The van der Waals surface area contributed by atoms with Gasteiger partial charge in [-0.3, -0.25) is 9.59 Å². The quantitative estimate of drug-likeness (QED) is 0.881. The summed E-state index contributed by atoms with van der Waals surface area (Å²) in [7, 11) is 0. The van der Waals surface area contributed by atoms with Gasteiger partial charge < -0.3 is 10.6 Å². The molecule has 2 N–H and O–H groups in total. The highest BCUT2D eigenvalue weighted by Gasteiger charge is 2.17. The molecule has 0 unspecified atom stereocenters. The molecule has 5 heteroatoms. The van der Waals surface area contributed by atoms with Crippen molar-refractivity contribution in [1.82, 2.24) is 5.32 Å². The Kier molecular flexibility index (Phi) is 5.65. The maximum absolute atomic E-state index is 12.3. The van der Waals surface area contributed by atoms with E-state index in [1.54, 1.807) is 48.5 Å². The number of carbonyl (C=O) groups is 2. The summed E-state index contributed by atoms with van der Waals surface area (Å²) >= 11 is 0. The highest BCUT2D eigenvalue weighted by Crippen LogP contribution is 2.18. The fourth-order valence-electron chi connectivity index (χ4n) is 3.12. The van der Waals surface area contributed by atoms with Crippen molar-refractivity contribution in [3.8, 4) is 6.07 Å². The predicted molar refractivity (Wildman–Crippen MR) is 99.9 cm³/mol. The average molecular weight is 347 g/mol. The molecule has 0 bridgehead atoms. The monoisotopic (exact) mass is 347 g/mol. The molecule has 0 spiro atoms. The van der Waals surface area contributed by atoms with E-state index in [2.05, 4.69) is 10.6 Å². The second kappa shape index (κ2) is 8.30. The number of nitrogens with one attached hydrogen (secondary N) is 2. The van der Waals surface area contributed by atoms with Gasteiger partial charge in [0.2, 0.25) is 0 Å². The Bertz CT molecular complexity index is 814. The molecule has 132 valence electrons. The summed E-state index contributed by atoms with van der Waals surface area (Å²) < 4.78 is 0. The molecule has 0 atom stereocenters. The number of hydrogen-bond acceptors (Lipinski definition) is 3. The molecule has 1 aliphatic carbocycles. The van der Waals surface area contributed by atoms with Gasteiger partial charge >= 0.3 is 0 Å². The average Bonchev–Trinajstić information content (AvgIpc) is 2.69. The Morgan fingerprint density at radius 3 is 2.00 bits per heavy atom. The van der Waals surface area contributed by atoms with Crippen LogP contribution in [0.4, 0.5) is 5.69 Å². The van der Waals surface area contributed by atoms with Gasteiger partial charge in [-0.25, -0.2) is 0 Å². The molecule has 0 aromatic heterocycles. The zero-order valence-corrected chi connectivity index (χ0v) is 14.5. The highest BCUT2D eigenvalue weighted by atomic mass is 16.2. The third-order valence-corrected chi connectivity index (χ3v) is 4.62. The molecule has 0 heterocycles. The van der Waals surface area contributed by atoms with Crippen molar-refractivity contribution < 1.29 is 9.59 Å². The van der Waals surface area contributed by atoms with Crippen molar-refractivity contribution in [2.75, 3.05) is 5.32 Å². The van der Waals surface area contributed by atoms with Crippen molar-refractivity contribution in [1.29, 1.82) is 5.26 Å². The minimum atomic E-state index is -0.256. The summed E-state index contributed by atoms with van der Waals surface area (Å²) in [4.78, 5) is 24.6. The number of rotatable bonds is 4. The first-order valence-electron chi connectivity index (χ1n) is 8.88. The van der Waals surface area contributed by atoms with Crippen LogP contribution in [0.3, 0.4) is 0 Å². The topological polar surface area (TPSA) is 82.0 Å². The number of nitrogens with zero attached hydrogens (tertiary/aromatic N) is 1. The summed E-state index contributed by atoms with van der Waals surface area (Å²) in [6, 6.07) is 15.6. The first-order chi connectivity index (χ1) is 12.7. The minimum Gasteiger partial charge on any atom is -0.349 e. The number of anilines is 1. The minimum absolute atomic E-state index is 0.0871. The Morgan fingerprint density at radius 2 is 1.42 bits per heavy atom. The molecule has 2 aromatic carbocycles. The van der Waals surface area contributed by atoms with Crippen molar-refractivity contribution in [2.24, 2.45) is 0 Å². The predicted octanol–water partition coefficient (Wildman–Crippen LogP) is 3.87. The number of carbonyl (C=O) groups excluding carboxylic acids is 2. The number of hydrogen-bond donors (Lipinski definition) is 2. The number of amides is 2. The number of benzene rings is 2. The zero-order valence-electron chi connectivity index (χ0n) is 14.5. The lowest BCUT2D eigenvalue weighted by Gasteiger charge is -2.22. The molecule has 1 aliphatic rings. The van der Waals surface area contributed by atoms with Crippen LogP contribution >= 0.6 is 0 Å². The van der Waals surface area contributed by atoms with E-state index in [1.807, 2.05) is 6.07 Å².